The lowest BCUT2D eigenvalue weighted by Gasteiger charge is -2.40. The number of cyclic esters (lactones) is 1. The van der Waals surface area contributed by atoms with Crippen LogP contribution in [0.15, 0.2) is 57.9 Å². The number of likely N-dealkylation sites (N-methyl/N-ethyl adjacent to an activating group) is 1. The van der Waals surface area contributed by atoms with E-state index < -0.39 is 17.0 Å². The number of aromatic nitrogens is 5. The van der Waals surface area contributed by atoms with Crippen LogP contribution >= 0.6 is 11.3 Å². The summed E-state index contributed by atoms with van der Waals surface area (Å²) in [6.07, 6.45) is 3.22. The van der Waals surface area contributed by atoms with Crippen molar-refractivity contribution in [3.63, 3.8) is 0 Å². The molecule has 5 aromatic heterocycles. The first kappa shape index (κ1) is 47.2. The molecule has 0 bridgehead atoms. The van der Waals surface area contributed by atoms with E-state index in [1.807, 2.05) is 36.1 Å². The molecule has 2 saturated heterocycles. The van der Waals surface area contributed by atoms with Crippen molar-refractivity contribution >= 4 is 50.6 Å². The molecule has 9 heterocycles. The van der Waals surface area contributed by atoms with Gasteiger partial charge >= 0.3 is 5.97 Å². The number of benzene rings is 1. The van der Waals surface area contributed by atoms with E-state index in [4.69, 9.17) is 34.7 Å². The third kappa shape index (κ3) is 7.60. The second kappa shape index (κ2) is 17.9. The average Bonchev–Trinajstić information content (AvgIpc) is 4.12. The van der Waals surface area contributed by atoms with Gasteiger partial charge in [0.2, 0.25) is 11.7 Å². The number of aliphatic hydroxyl groups is 1. The maximum atomic E-state index is 13.9. The molecule has 0 radical (unpaired) electrons. The molecule has 5 aliphatic rings. The third-order valence-corrected chi connectivity index (χ3v) is 16.7. The van der Waals surface area contributed by atoms with E-state index in [1.165, 1.54) is 11.3 Å². The van der Waals surface area contributed by atoms with Crippen LogP contribution in [0.1, 0.15) is 91.1 Å². The molecule has 1 aromatic carbocycles. The van der Waals surface area contributed by atoms with Crippen molar-refractivity contribution in [2.75, 3.05) is 75.0 Å². The summed E-state index contributed by atoms with van der Waals surface area (Å²) in [5.41, 5.74) is 11.0. The van der Waals surface area contributed by atoms with Crippen molar-refractivity contribution in [3.05, 3.63) is 103 Å². The molecule has 372 valence electrons. The second-order valence-electron chi connectivity index (χ2n) is 20.0. The van der Waals surface area contributed by atoms with Crippen molar-refractivity contribution in [2.45, 2.75) is 90.0 Å². The van der Waals surface area contributed by atoms with Gasteiger partial charge in [0.15, 0.2) is 5.60 Å². The van der Waals surface area contributed by atoms with E-state index in [1.54, 1.807) is 17.6 Å². The molecule has 0 spiro atoms. The molecule has 2 fully saturated rings. The Morgan fingerprint density at radius 1 is 1.07 bits per heavy atom. The number of nitrogens with zero attached hydrogens (tertiary/aromatic N) is 10. The first-order valence-corrected chi connectivity index (χ1v) is 25.6. The van der Waals surface area contributed by atoms with Crippen molar-refractivity contribution in [3.8, 4) is 34.7 Å². The van der Waals surface area contributed by atoms with Crippen molar-refractivity contribution in [1.82, 2.24) is 34.5 Å². The molecule has 18 nitrogen and oxygen atoms in total. The van der Waals surface area contributed by atoms with Crippen LogP contribution < -0.4 is 25.8 Å². The number of carbonyl (C=O) groups is 2. The van der Waals surface area contributed by atoms with Crippen LogP contribution in [0.5, 0.6) is 5.75 Å². The number of rotatable bonds is 10. The van der Waals surface area contributed by atoms with E-state index in [9.17, 15) is 24.8 Å². The van der Waals surface area contributed by atoms with Gasteiger partial charge in [0.25, 0.3) is 11.5 Å². The molecule has 3 atom stereocenters. The minimum absolute atomic E-state index is 0.0111. The Morgan fingerprint density at radius 3 is 2.62 bits per heavy atom. The van der Waals surface area contributed by atoms with Crippen LogP contribution in [0.3, 0.4) is 0 Å². The number of fused-ring (bicyclic) bond motifs is 6. The summed E-state index contributed by atoms with van der Waals surface area (Å²) in [6.45, 7) is 16.9. The lowest BCUT2D eigenvalue weighted by Crippen LogP contribution is -2.51. The van der Waals surface area contributed by atoms with Gasteiger partial charge in [-0.2, -0.15) is 10.2 Å². The number of nitrogens with two attached hydrogens (primary N) is 1. The Hall–Kier alpha value is -7.14. The Kier molecular flexibility index (Phi) is 11.7. The lowest BCUT2D eigenvalue weighted by molar-refractivity contribution is -0.172. The van der Waals surface area contributed by atoms with Crippen LogP contribution in [0, 0.1) is 11.3 Å². The predicted molar refractivity (Wildman–Crippen MR) is 272 cm³/mol. The zero-order chi connectivity index (χ0) is 50.4. The molecule has 0 saturated carbocycles. The van der Waals surface area contributed by atoms with Gasteiger partial charge in [-0.3, -0.25) is 9.59 Å². The van der Waals surface area contributed by atoms with Crippen molar-refractivity contribution < 1.29 is 28.7 Å². The van der Waals surface area contributed by atoms with Crippen molar-refractivity contribution in [1.29, 1.82) is 5.26 Å². The summed E-state index contributed by atoms with van der Waals surface area (Å²) >= 11 is 1.47. The highest BCUT2D eigenvalue weighted by Crippen LogP contribution is 2.49. The number of hydrogen-bond acceptors (Lipinski definition) is 17. The number of anilines is 3. The quantitative estimate of drug-likeness (QED) is 0.125. The Morgan fingerprint density at radius 2 is 1.88 bits per heavy atom. The largest absolute Gasteiger partial charge is 0.489 e. The molecule has 19 heteroatoms. The SMILES string of the molecule is C=C(COc1ccc2nc3c(c(CC)c2c1)Cn1c-3cc2c(c1=O)COC(=O)[C@]2(O)CC)C(=O)N1CCN(c2cc(-c3noc([C@@]4(C)CCCc5sc(N)c(C#N)c54)n3)nc(N3CCN(C)C[C@@H]3C)c2)CC1. The van der Waals surface area contributed by atoms with E-state index in [2.05, 4.69) is 59.5 Å². The number of esters is 1. The summed E-state index contributed by atoms with van der Waals surface area (Å²) in [6, 6.07) is 14.0. The summed E-state index contributed by atoms with van der Waals surface area (Å²) in [5, 5.41) is 27.3. The Bertz CT molecular complexity index is 3350. The number of carbonyl (C=O) groups excluding carboxylic acids is 2. The van der Waals surface area contributed by atoms with Gasteiger partial charge in [0.05, 0.1) is 40.0 Å². The number of thiophene rings is 1. The number of aryl methyl sites for hydroxylation is 2. The third-order valence-electron chi connectivity index (χ3n) is 15.6. The van der Waals surface area contributed by atoms with E-state index in [0.29, 0.717) is 95.3 Å². The predicted octanol–water partition coefficient (Wildman–Crippen LogP) is 5.67. The number of ether oxygens (including phenoxy) is 2. The minimum Gasteiger partial charge on any atom is -0.489 e. The van der Waals surface area contributed by atoms with Gasteiger partial charge in [-0.05, 0) is 88.9 Å². The topological polar surface area (TPSA) is 222 Å². The minimum atomic E-state index is -1.91. The Balaban J connectivity index is 0.792. The molecule has 72 heavy (non-hydrogen) atoms. The zero-order valence-corrected chi connectivity index (χ0v) is 42.0. The Labute approximate surface area is 420 Å². The normalized spacial score (nSPS) is 21.7. The smallest absolute Gasteiger partial charge is 0.343 e. The lowest BCUT2D eigenvalue weighted by atomic mass is 9.72. The van der Waals surface area contributed by atoms with E-state index in [0.717, 1.165) is 77.4 Å². The van der Waals surface area contributed by atoms with Gasteiger partial charge in [-0.15, -0.1) is 11.3 Å². The van der Waals surface area contributed by atoms with Gasteiger partial charge < -0.3 is 49.0 Å². The maximum absolute atomic E-state index is 13.9. The fourth-order valence-corrected chi connectivity index (χ4v) is 12.7. The van der Waals surface area contributed by atoms with Crippen LogP contribution in [0.25, 0.3) is 33.8 Å². The fraction of sp³-hybridized carbons (Fsp3) is 0.434. The van der Waals surface area contributed by atoms with Crippen LogP contribution in [-0.2, 0) is 51.3 Å². The highest BCUT2D eigenvalue weighted by molar-refractivity contribution is 7.16. The molecular weight excluding hydrogens is 935 g/mol. The fourth-order valence-electron chi connectivity index (χ4n) is 11.5. The first-order valence-electron chi connectivity index (χ1n) is 24.7. The summed E-state index contributed by atoms with van der Waals surface area (Å²) < 4.78 is 19.2. The molecular formula is C53H57N11O7S. The average molecular weight is 992 g/mol. The highest BCUT2D eigenvalue weighted by Gasteiger charge is 2.46. The number of nitriles is 1. The number of nitrogen functional groups attached to an aromatic ring is 1. The van der Waals surface area contributed by atoms with E-state index in [-0.39, 0.29) is 48.3 Å². The molecule has 0 unspecified atom stereocenters. The van der Waals surface area contributed by atoms with Crippen LogP contribution in [0.2, 0.25) is 0 Å². The van der Waals surface area contributed by atoms with Crippen molar-refractivity contribution in [2.24, 2.45) is 0 Å². The molecule has 3 N–H and O–H groups in total. The standard InChI is InChI=1S/C53H57N11O7S/c1-7-33-34-22-32(11-12-39(34)57-45-36(33)26-64-41(45)23-38-37(49(64)66)28-70-51(67)53(38,68)8-2)69-27-29(3)48(65)62-17-15-61(16-18-62)31-20-40(56-43(21-31)63-19-14-60(6)25-30(63)4)47-58-50(71-59-47)52(5)13-9-10-42-44(52)35(24-54)46(55)72-42/h11-12,20-23,30,68H,3,7-10,13-19,25-28,55H2,1-2,4-6H3/t30-,52-,53-/m0/s1. The number of pyridine rings is 3. The molecule has 1 aliphatic carbocycles. The number of piperazine rings is 2. The van der Waals surface area contributed by atoms with Gasteiger partial charge in [-0.1, -0.05) is 25.6 Å². The second-order valence-corrected chi connectivity index (χ2v) is 21.1. The zero-order valence-electron chi connectivity index (χ0n) is 41.2. The van der Waals surface area contributed by atoms with Gasteiger partial charge in [0.1, 0.15) is 41.5 Å². The summed E-state index contributed by atoms with van der Waals surface area (Å²) in [4.78, 5) is 65.4. The molecule has 4 aliphatic heterocycles. The van der Waals surface area contributed by atoms with Gasteiger partial charge in [0, 0.05) is 96.1 Å². The first-order chi connectivity index (χ1) is 34.6. The summed E-state index contributed by atoms with van der Waals surface area (Å²) in [5.74, 6) is 1.25. The number of hydrogen-bond donors (Lipinski definition) is 2. The van der Waals surface area contributed by atoms with Crippen LogP contribution in [-0.4, -0.2) is 117 Å². The number of amides is 1. The van der Waals surface area contributed by atoms with Crippen LogP contribution in [0.4, 0.5) is 16.5 Å². The summed E-state index contributed by atoms with van der Waals surface area (Å²) in [7, 11) is 2.13. The molecule has 1 amide bonds. The monoisotopic (exact) mass is 991 g/mol. The van der Waals surface area contributed by atoms with E-state index >= 15 is 0 Å². The highest BCUT2D eigenvalue weighted by atomic mass is 32.1. The molecule has 11 rings (SSSR count). The maximum Gasteiger partial charge on any atom is 0.343 e. The molecule has 6 aromatic rings. The van der Waals surface area contributed by atoms with Gasteiger partial charge in [-0.25, -0.2) is 14.8 Å².